The summed E-state index contributed by atoms with van der Waals surface area (Å²) in [5.41, 5.74) is 0. The van der Waals surface area contributed by atoms with Crippen molar-refractivity contribution in [3.8, 4) is 0 Å². The molecule has 0 radical (unpaired) electrons. The second kappa shape index (κ2) is 7.61. The molecule has 0 aliphatic heterocycles. The maximum atomic E-state index is 10.7. The molecule has 0 rings (SSSR count). The summed E-state index contributed by atoms with van der Waals surface area (Å²) in [5, 5.41) is 0. The van der Waals surface area contributed by atoms with Crippen LogP contribution in [0.2, 0.25) is 0 Å². The van der Waals surface area contributed by atoms with Crippen molar-refractivity contribution in [3.63, 3.8) is 0 Å². The van der Waals surface area contributed by atoms with E-state index < -0.39 is 0 Å². The molecule has 64 valence electrons. The fourth-order valence-corrected chi connectivity index (χ4v) is 0.717. The third kappa shape index (κ3) is 7.40. The van der Waals surface area contributed by atoms with E-state index in [1.165, 1.54) is 0 Å². The lowest BCUT2D eigenvalue weighted by Gasteiger charge is -2.00. The number of rotatable bonds is 6. The minimum atomic E-state index is -0.218. The first-order chi connectivity index (χ1) is 5.31. The smallest absolute Gasteiger partial charge is 0.306 e. The van der Waals surface area contributed by atoms with Crippen LogP contribution in [0, 0.1) is 0 Å². The first-order valence-corrected chi connectivity index (χ1v) is 4.17. The van der Waals surface area contributed by atoms with Gasteiger partial charge < -0.3 is 4.74 Å². The Balaban J connectivity index is 3.10. The lowest BCUT2D eigenvalue weighted by Crippen LogP contribution is -2.05. The minimum Gasteiger partial charge on any atom is -0.466 e. The Kier molecular flexibility index (Phi) is 7.26. The van der Waals surface area contributed by atoms with Gasteiger partial charge >= 0.3 is 5.97 Å². The van der Waals surface area contributed by atoms with Crippen LogP contribution in [0.25, 0.3) is 0 Å². The summed E-state index contributed by atoms with van der Waals surface area (Å²) in [6, 6.07) is 0. The molecular weight excluding hydrogens is 164 g/mol. The van der Waals surface area contributed by atoms with Gasteiger partial charge in [0.15, 0.2) is 0 Å². The van der Waals surface area contributed by atoms with Gasteiger partial charge in [0.2, 0.25) is 0 Å². The molecule has 0 fully saturated rings. The first kappa shape index (κ1) is 10.5. The Morgan fingerprint density at radius 3 is 2.91 bits per heavy atom. The zero-order valence-corrected chi connectivity index (χ0v) is 7.27. The van der Waals surface area contributed by atoms with Crippen LogP contribution in [-0.2, 0) is 9.53 Å². The van der Waals surface area contributed by atoms with Crippen molar-refractivity contribution in [1.82, 2.24) is 0 Å². The van der Waals surface area contributed by atoms with Gasteiger partial charge in [-0.2, -0.15) is 0 Å². The highest BCUT2D eigenvalue weighted by Crippen LogP contribution is 1.94. The number of unbranched alkanes of at least 4 members (excludes halogenated alkanes) is 1. The van der Waals surface area contributed by atoms with Crippen LogP contribution in [0.1, 0.15) is 19.3 Å². The Labute approximate surface area is 72.2 Å². The van der Waals surface area contributed by atoms with E-state index in [-0.39, 0.29) is 5.97 Å². The summed E-state index contributed by atoms with van der Waals surface area (Å²) < 4.78 is 4.81. The molecule has 0 saturated carbocycles. The van der Waals surface area contributed by atoms with Gasteiger partial charge in [0.05, 0.1) is 13.0 Å². The SMILES string of the molecule is C=CCCCOC(=O)CCCl. The lowest BCUT2D eigenvalue weighted by molar-refractivity contribution is -0.143. The molecule has 0 unspecified atom stereocenters. The van der Waals surface area contributed by atoms with E-state index >= 15 is 0 Å². The van der Waals surface area contributed by atoms with Crippen LogP contribution in [0.3, 0.4) is 0 Å². The monoisotopic (exact) mass is 176 g/mol. The Morgan fingerprint density at radius 2 is 2.36 bits per heavy atom. The normalized spacial score (nSPS) is 9.18. The maximum Gasteiger partial charge on any atom is 0.306 e. The zero-order valence-electron chi connectivity index (χ0n) is 6.51. The summed E-state index contributed by atoms with van der Waals surface area (Å²) in [7, 11) is 0. The van der Waals surface area contributed by atoms with Crippen molar-refractivity contribution in [3.05, 3.63) is 12.7 Å². The van der Waals surface area contributed by atoms with Gasteiger partial charge in [0, 0.05) is 5.88 Å². The third-order valence-corrected chi connectivity index (χ3v) is 1.30. The molecular formula is C8H13ClO2. The lowest BCUT2D eigenvalue weighted by atomic mass is 10.3. The minimum absolute atomic E-state index is 0.218. The van der Waals surface area contributed by atoms with Crippen molar-refractivity contribution >= 4 is 17.6 Å². The number of alkyl halides is 1. The number of allylic oxidation sites excluding steroid dienone is 1. The molecule has 0 bridgehead atoms. The number of carbonyl (C=O) groups is 1. The van der Waals surface area contributed by atoms with E-state index in [1.807, 2.05) is 0 Å². The Morgan fingerprint density at radius 1 is 1.64 bits per heavy atom. The molecule has 0 aliphatic carbocycles. The summed E-state index contributed by atoms with van der Waals surface area (Å²) in [6.07, 6.45) is 3.83. The molecule has 0 aliphatic rings. The van der Waals surface area contributed by atoms with Crippen LogP contribution in [0.4, 0.5) is 0 Å². The summed E-state index contributed by atoms with van der Waals surface area (Å²) >= 11 is 5.32. The second-order valence-electron chi connectivity index (χ2n) is 2.09. The van der Waals surface area contributed by atoms with Crippen LogP contribution < -0.4 is 0 Å². The topological polar surface area (TPSA) is 26.3 Å². The average Bonchev–Trinajstić information content (AvgIpc) is 1.99. The highest BCUT2D eigenvalue weighted by molar-refractivity contribution is 6.18. The standard InChI is InChI=1S/C8H13ClO2/c1-2-3-4-7-11-8(10)5-6-9/h2H,1,3-7H2. The molecule has 0 aromatic heterocycles. The Hall–Kier alpha value is -0.500. The molecule has 0 atom stereocenters. The number of hydrogen-bond acceptors (Lipinski definition) is 2. The highest BCUT2D eigenvalue weighted by Gasteiger charge is 1.98. The summed E-state index contributed by atoms with van der Waals surface area (Å²) in [6.45, 7) is 4.03. The van der Waals surface area contributed by atoms with E-state index in [9.17, 15) is 4.79 Å². The van der Waals surface area contributed by atoms with Crippen molar-refractivity contribution in [2.75, 3.05) is 12.5 Å². The van der Waals surface area contributed by atoms with Crippen LogP contribution in [0.5, 0.6) is 0 Å². The number of hydrogen-bond donors (Lipinski definition) is 0. The van der Waals surface area contributed by atoms with Gasteiger partial charge in [0.25, 0.3) is 0 Å². The summed E-state index contributed by atoms with van der Waals surface area (Å²) in [4.78, 5) is 10.7. The number of carbonyl (C=O) groups excluding carboxylic acids is 1. The fourth-order valence-electron chi connectivity index (χ4n) is 0.563. The molecule has 0 amide bonds. The third-order valence-electron chi connectivity index (χ3n) is 1.11. The molecule has 0 saturated heterocycles. The largest absolute Gasteiger partial charge is 0.466 e. The number of esters is 1. The first-order valence-electron chi connectivity index (χ1n) is 3.63. The average molecular weight is 177 g/mol. The van der Waals surface area contributed by atoms with E-state index in [1.54, 1.807) is 6.08 Å². The van der Waals surface area contributed by atoms with Gasteiger partial charge in [-0.1, -0.05) is 6.08 Å². The van der Waals surface area contributed by atoms with Crippen molar-refractivity contribution in [2.24, 2.45) is 0 Å². The molecule has 2 nitrogen and oxygen atoms in total. The molecule has 3 heteroatoms. The predicted molar refractivity (Wildman–Crippen MR) is 45.7 cm³/mol. The highest BCUT2D eigenvalue weighted by atomic mass is 35.5. The van der Waals surface area contributed by atoms with Gasteiger partial charge in [-0.3, -0.25) is 4.79 Å². The van der Waals surface area contributed by atoms with Gasteiger partial charge in [-0.25, -0.2) is 0 Å². The fraction of sp³-hybridized carbons (Fsp3) is 0.625. The van der Waals surface area contributed by atoms with Gasteiger partial charge in [0.1, 0.15) is 0 Å². The van der Waals surface area contributed by atoms with Gasteiger partial charge in [-0.15, -0.1) is 18.2 Å². The number of halogens is 1. The van der Waals surface area contributed by atoms with Crippen LogP contribution in [0.15, 0.2) is 12.7 Å². The van der Waals surface area contributed by atoms with Crippen molar-refractivity contribution in [1.29, 1.82) is 0 Å². The molecule has 0 aromatic rings. The van der Waals surface area contributed by atoms with E-state index in [4.69, 9.17) is 16.3 Å². The molecule has 11 heavy (non-hydrogen) atoms. The van der Waals surface area contributed by atoms with Crippen molar-refractivity contribution < 1.29 is 9.53 Å². The molecule has 0 aromatic carbocycles. The van der Waals surface area contributed by atoms with Crippen LogP contribution in [-0.4, -0.2) is 18.5 Å². The van der Waals surface area contributed by atoms with E-state index in [2.05, 4.69) is 6.58 Å². The predicted octanol–water partition coefficient (Wildman–Crippen LogP) is 2.12. The number of ether oxygens (including phenoxy) is 1. The zero-order chi connectivity index (χ0) is 8.53. The Bertz CT molecular complexity index is 123. The molecule has 0 heterocycles. The van der Waals surface area contributed by atoms with E-state index in [0.717, 1.165) is 12.8 Å². The quantitative estimate of drug-likeness (QED) is 0.268. The van der Waals surface area contributed by atoms with Crippen molar-refractivity contribution in [2.45, 2.75) is 19.3 Å². The molecule has 0 N–H and O–H groups in total. The summed E-state index contributed by atoms with van der Waals surface area (Å²) in [5.74, 6) is 0.115. The van der Waals surface area contributed by atoms with E-state index in [0.29, 0.717) is 18.9 Å². The van der Waals surface area contributed by atoms with Gasteiger partial charge in [-0.05, 0) is 12.8 Å². The molecule has 0 spiro atoms. The van der Waals surface area contributed by atoms with Crippen LogP contribution >= 0.6 is 11.6 Å². The second-order valence-corrected chi connectivity index (χ2v) is 2.47. The maximum absolute atomic E-state index is 10.7.